The Labute approximate surface area is 146 Å². The van der Waals surface area contributed by atoms with Crippen molar-refractivity contribution in [3.63, 3.8) is 0 Å². The molecule has 0 saturated heterocycles. The molecule has 1 aliphatic heterocycles. The smallest absolute Gasteiger partial charge is 0.219 e. The molecule has 0 aromatic heterocycles. The van der Waals surface area contributed by atoms with E-state index < -0.39 is 10.2 Å². The molecule has 0 unspecified atom stereocenters. The molecule has 0 saturated carbocycles. The van der Waals surface area contributed by atoms with Crippen molar-refractivity contribution in [1.29, 1.82) is 0 Å². The second-order valence-corrected chi connectivity index (χ2v) is 6.79. The van der Waals surface area contributed by atoms with Gasteiger partial charge < -0.3 is 0 Å². The first-order chi connectivity index (χ1) is 11.9. The molecule has 3 aromatic rings. The Morgan fingerprint density at radius 2 is 1.32 bits per heavy atom. The first-order valence-electron chi connectivity index (χ1n) is 7.81. The number of halogens is 1. The van der Waals surface area contributed by atoms with Gasteiger partial charge in [-0.25, -0.2) is 23.6 Å². The number of aryl methyl sites for hydroxylation is 2. The summed E-state index contributed by atoms with van der Waals surface area (Å²) in [6.45, 7) is 0. The fraction of sp³-hybridized carbons (Fsp3) is 0.105. The van der Waals surface area contributed by atoms with Crippen molar-refractivity contribution in [2.45, 2.75) is 12.8 Å². The summed E-state index contributed by atoms with van der Waals surface area (Å²) in [5.41, 5.74) is 8.15. The summed E-state index contributed by atoms with van der Waals surface area (Å²) in [5, 5.41) is 2.93. The molecule has 1 N–H and O–H groups in total. The largest absolute Gasteiger partial charge is 0.222 e. The SMILES string of the molecule is [O-][Cl+3]([O-])([O-])[O-].c1ccc(C2=[NH+]c3ccc4c5c(ccc2c35)CC4)cc1. The van der Waals surface area contributed by atoms with Crippen LogP contribution in [0.3, 0.4) is 0 Å². The lowest BCUT2D eigenvalue weighted by molar-refractivity contribution is -2.00. The molecule has 2 aliphatic rings. The van der Waals surface area contributed by atoms with E-state index in [1.54, 1.807) is 0 Å². The maximum atomic E-state index is 8.49. The molecule has 0 fully saturated rings. The topological polar surface area (TPSA) is 106 Å². The van der Waals surface area contributed by atoms with E-state index in [9.17, 15) is 0 Å². The van der Waals surface area contributed by atoms with Crippen LogP contribution in [0, 0.1) is 10.2 Å². The highest BCUT2D eigenvalue weighted by molar-refractivity contribution is 6.22. The predicted molar refractivity (Wildman–Crippen MR) is 81.6 cm³/mol. The molecule has 0 bridgehead atoms. The van der Waals surface area contributed by atoms with E-state index in [0.29, 0.717) is 0 Å². The molecular formula is C19H14ClNO4. The lowest BCUT2D eigenvalue weighted by atomic mass is 9.96. The highest BCUT2D eigenvalue weighted by Crippen LogP contribution is 2.37. The first-order valence-corrected chi connectivity index (χ1v) is 9.04. The van der Waals surface area contributed by atoms with E-state index in [1.165, 1.54) is 57.3 Å². The van der Waals surface area contributed by atoms with Gasteiger partial charge in [0, 0.05) is 11.6 Å². The maximum Gasteiger partial charge on any atom is 0.219 e. The summed E-state index contributed by atoms with van der Waals surface area (Å²) >= 11 is 0. The average molecular weight is 356 g/mol. The van der Waals surface area contributed by atoms with Crippen LogP contribution in [0.5, 0.6) is 0 Å². The van der Waals surface area contributed by atoms with Crippen LogP contribution in [0.4, 0.5) is 5.69 Å². The minimum atomic E-state index is -4.94. The summed E-state index contributed by atoms with van der Waals surface area (Å²) in [5.74, 6) is 0. The normalized spacial score (nSPS) is 14.3. The van der Waals surface area contributed by atoms with Crippen LogP contribution < -0.4 is 23.6 Å². The van der Waals surface area contributed by atoms with Crippen molar-refractivity contribution in [3.05, 3.63) is 76.9 Å². The van der Waals surface area contributed by atoms with Crippen molar-refractivity contribution in [3.8, 4) is 0 Å². The van der Waals surface area contributed by atoms with Gasteiger partial charge in [-0.3, -0.25) is 0 Å². The summed E-state index contributed by atoms with van der Waals surface area (Å²) in [6.07, 6.45) is 2.38. The van der Waals surface area contributed by atoms with Crippen LogP contribution in [0.25, 0.3) is 10.8 Å². The molecule has 3 aromatic carbocycles. The summed E-state index contributed by atoms with van der Waals surface area (Å²) in [6, 6.07) is 19.8. The average Bonchev–Trinajstić information content (AvgIpc) is 3.13. The van der Waals surface area contributed by atoms with Crippen molar-refractivity contribution >= 4 is 22.2 Å². The van der Waals surface area contributed by atoms with Gasteiger partial charge in [-0.2, -0.15) is 0 Å². The fourth-order valence-corrected chi connectivity index (χ4v) is 3.68. The Morgan fingerprint density at radius 1 is 0.720 bits per heavy atom. The van der Waals surface area contributed by atoms with Crippen molar-refractivity contribution in [1.82, 2.24) is 0 Å². The lowest BCUT2D eigenvalue weighted by Crippen LogP contribution is -2.68. The van der Waals surface area contributed by atoms with E-state index in [2.05, 4.69) is 59.6 Å². The Kier molecular flexibility index (Phi) is 3.83. The zero-order chi connectivity index (χ0) is 17.6. The van der Waals surface area contributed by atoms with Gasteiger partial charge in [0.25, 0.3) is 0 Å². The summed E-state index contributed by atoms with van der Waals surface area (Å²) in [7, 11) is -4.94. The minimum absolute atomic E-state index is 1.19. The molecule has 25 heavy (non-hydrogen) atoms. The van der Waals surface area contributed by atoms with Crippen LogP contribution >= 0.6 is 0 Å². The molecule has 5 rings (SSSR count). The van der Waals surface area contributed by atoms with Gasteiger partial charge in [0.2, 0.25) is 11.4 Å². The molecule has 0 amide bonds. The predicted octanol–water partition coefficient (Wildman–Crippen LogP) is -2.25. The highest BCUT2D eigenvalue weighted by Gasteiger charge is 2.29. The molecule has 0 spiro atoms. The standard InChI is InChI=1S/C19H13N.ClHO4/c1-2-4-14(5-3-1)19-15-10-8-12-6-7-13-9-11-16(20-19)18(15)17(12)13;2-1(3,4)5/h1-5,8-11H,6-7H2;(H,2,3,4,5). The third-order valence-electron chi connectivity index (χ3n) is 4.59. The molecule has 0 atom stereocenters. The Hall–Kier alpha value is -2.28. The van der Waals surface area contributed by atoms with Crippen LogP contribution in [-0.2, 0) is 12.8 Å². The van der Waals surface area contributed by atoms with Gasteiger partial charge in [-0.1, -0.05) is 30.3 Å². The maximum absolute atomic E-state index is 8.49. The van der Waals surface area contributed by atoms with Crippen LogP contribution in [0.1, 0.15) is 22.3 Å². The molecule has 5 nitrogen and oxygen atoms in total. The van der Waals surface area contributed by atoms with Crippen LogP contribution in [0.2, 0.25) is 0 Å². The van der Waals surface area contributed by atoms with Crippen LogP contribution in [0.15, 0.2) is 54.6 Å². The second-order valence-electron chi connectivity index (χ2n) is 6.04. The highest BCUT2D eigenvalue weighted by atomic mass is 35.7. The van der Waals surface area contributed by atoms with Crippen molar-refractivity contribution < 1.29 is 33.9 Å². The summed E-state index contributed by atoms with van der Waals surface area (Å²) in [4.78, 5) is 3.62. The molecule has 126 valence electrons. The van der Waals surface area contributed by atoms with Gasteiger partial charge in [-0.15, -0.1) is 10.2 Å². The Balaban J connectivity index is 0.000000280. The second kappa shape index (κ2) is 5.91. The number of nitrogens with one attached hydrogen (secondary N) is 1. The number of benzene rings is 3. The Bertz CT molecular complexity index is 977. The number of hydrogen-bond acceptors (Lipinski definition) is 4. The van der Waals surface area contributed by atoms with Gasteiger partial charge in [0.05, 0.1) is 10.9 Å². The van der Waals surface area contributed by atoms with Gasteiger partial charge in [0.15, 0.2) is 0 Å². The first kappa shape index (κ1) is 16.2. The van der Waals surface area contributed by atoms with E-state index in [-0.39, 0.29) is 0 Å². The van der Waals surface area contributed by atoms with E-state index in [1.807, 2.05) is 0 Å². The van der Waals surface area contributed by atoms with Gasteiger partial charge in [0.1, 0.15) is 0 Å². The minimum Gasteiger partial charge on any atom is -0.222 e. The monoisotopic (exact) mass is 355 g/mol. The third kappa shape index (κ3) is 3.04. The zero-order valence-electron chi connectivity index (χ0n) is 13.1. The van der Waals surface area contributed by atoms with Crippen molar-refractivity contribution in [2.75, 3.05) is 0 Å². The Morgan fingerprint density at radius 3 is 1.96 bits per heavy atom. The molecule has 1 aliphatic carbocycles. The van der Waals surface area contributed by atoms with Crippen molar-refractivity contribution in [2.24, 2.45) is 0 Å². The van der Waals surface area contributed by atoms with Gasteiger partial charge >= 0.3 is 0 Å². The fourth-order valence-electron chi connectivity index (χ4n) is 3.68. The van der Waals surface area contributed by atoms with Gasteiger partial charge in [-0.05, 0) is 47.6 Å². The third-order valence-corrected chi connectivity index (χ3v) is 4.59. The zero-order valence-corrected chi connectivity index (χ0v) is 13.9. The number of hydrogen-bond donors (Lipinski definition) is 1. The molecule has 1 heterocycles. The lowest BCUT2D eigenvalue weighted by Gasteiger charge is -2.17. The van der Waals surface area contributed by atoms with Crippen LogP contribution in [-0.4, -0.2) is 5.71 Å². The van der Waals surface area contributed by atoms with E-state index in [0.717, 1.165) is 0 Å². The van der Waals surface area contributed by atoms with E-state index in [4.69, 9.17) is 18.6 Å². The quantitative estimate of drug-likeness (QED) is 0.416. The number of rotatable bonds is 1. The molecule has 0 radical (unpaired) electrons. The molecular weight excluding hydrogens is 342 g/mol. The summed E-state index contributed by atoms with van der Waals surface area (Å²) < 4.78 is 34.0. The van der Waals surface area contributed by atoms with E-state index >= 15 is 0 Å². The molecule has 6 heteroatoms.